The summed E-state index contributed by atoms with van der Waals surface area (Å²) in [5.74, 6) is 0. The van der Waals surface area contributed by atoms with E-state index in [1.54, 1.807) is 105 Å². The van der Waals surface area contributed by atoms with E-state index in [1.165, 1.54) is 28.1 Å². The van der Waals surface area contributed by atoms with Crippen LogP contribution in [0.3, 0.4) is 0 Å². The number of rotatable bonds is 7. The summed E-state index contributed by atoms with van der Waals surface area (Å²) in [6.07, 6.45) is 0.968. The van der Waals surface area contributed by atoms with Gasteiger partial charge in [-0.1, -0.05) is 6.92 Å². The third-order valence-corrected chi connectivity index (χ3v) is 21.4. The zero-order valence-corrected chi connectivity index (χ0v) is 37.5. The van der Waals surface area contributed by atoms with Crippen molar-refractivity contribution < 1.29 is 0 Å². The normalized spacial score (nSPS) is 12.2. The zero-order chi connectivity index (χ0) is 38.6. The van der Waals surface area contributed by atoms with E-state index in [4.69, 9.17) is 0 Å². The second-order valence-corrected chi connectivity index (χ2v) is 24.1. The standard InChI is InChI=1S/C41H27N2O4PS8/c1-5-19-7-9-25(50-19)29-15-21-35(54-29)37-23(41(47)43(4)39(21)45)17-31(56-37)27-11-13-33(52-27)48-32-12-10-26(51-32)30-16-22-36(55-30)34-20(38(44)42(3)40(22)46)14-28(53-34)24-8-6-18(2)49-24/h6-17,48H,5H2,1-4H3. The molecule has 0 saturated carbocycles. The van der Waals surface area contributed by atoms with Gasteiger partial charge in [-0.15, -0.1) is 90.7 Å². The molecule has 0 aromatic carbocycles. The Morgan fingerprint density at radius 2 is 0.804 bits per heavy atom. The Morgan fingerprint density at radius 1 is 0.446 bits per heavy atom. The van der Waals surface area contributed by atoms with Crippen LogP contribution >= 0.6 is 99.3 Å². The molecule has 1 atom stereocenters. The van der Waals surface area contributed by atoms with Crippen molar-refractivity contribution in [3.05, 3.63) is 124 Å². The highest BCUT2D eigenvalue weighted by molar-refractivity contribution is 7.69. The van der Waals surface area contributed by atoms with Crippen molar-refractivity contribution in [3.8, 4) is 39.0 Å². The van der Waals surface area contributed by atoms with Gasteiger partial charge < -0.3 is 0 Å². The molecule has 0 aliphatic carbocycles. The molecular weight excluding hydrogens is 872 g/mol. The van der Waals surface area contributed by atoms with Gasteiger partial charge in [0.15, 0.2) is 0 Å². The van der Waals surface area contributed by atoms with E-state index in [0.717, 1.165) is 64.2 Å². The van der Waals surface area contributed by atoms with E-state index in [-0.39, 0.29) is 22.2 Å². The summed E-state index contributed by atoms with van der Waals surface area (Å²) in [5, 5.41) is 2.31. The van der Waals surface area contributed by atoms with Gasteiger partial charge in [-0.3, -0.25) is 28.3 Å². The first-order valence-corrected chi connectivity index (χ1v) is 24.9. The quantitative estimate of drug-likeness (QED) is 0.149. The maximum atomic E-state index is 13.6. The van der Waals surface area contributed by atoms with Crippen LogP contribution in [0.2, 0.25) is 0 Å². The van der Waals surface area contributed by atoms with Crippen molar-refractivity contribution in [2.24, 2.45) is 14.1 Å². The minimum atomic E-state index is -0.274. The Kier molecular flexibility index (Phi) is 9.16. The summed E-state index contributed by atoms with van der Waals surface area (Å²) in [4.78, 5) is 65.0. The largest absolute Gasteiger partial charge is 0.277 e. The minimum Gasteiger partial charge on any atom is -0.277 e. The molecule has 0 amide bonds. The first-order chi connectivity index (χ1) is 27.0. The predicted molar refractivity (Wildman–Crippen MR) is 252 cm³/mol. The first kappa shape index (κ1) is 36.6. The molecule has 1 unspecified atom stereocenters. The van der Waals surface area contributed by atoms with Crippen LogP contribution in [0.25, 0.3) is 79.4 Å². The summed E-state index contributed by atoms with van der Waals surface area (Å²) in [6.45, 7) is 4.22. The Bertz CT molecular complexity index is 3490. The molecule has 0 aliphatic rings. The lowest BCUT2D eigenvalue weighted by Gasteiger charge is -1.94. The van der Waals surface area contributed by atoms with E-state index in [9.17, 15) is 19.2 Å². The highest BCUT2D eigenvalue weighted by atomic mass is 32.1. The molecule has 0 aliphatic heterocycles. The molecule has 0 radical (unpaired) electrons. The van der Waals surface area contributed by atoms with E-state index in [1.807, 2.05) is 24.3 Å². The number of thiophene rings is 8. The molecule has 6 nitrogen and oxygen atoms in total. The van der Waals surface area contributed by atoms with Gasteiger partial charge >= 0.3 is 0 Å². The maximum Gasteiger partial charge on any atom is 0.262 e. The molecule has 15 heteroatoms. The molecule has 278 valence electrons. The summed E-state index contributed by atoms with van der Waals surface area (Å²) >= 11 is 13.3. The SMILES string of the molecule is CCc1ccc(-c2cc3c(=O)n(C)c(=O)c4cc(-c5ccc(Pc6ccc(-c7cc8c(=O)n(C)c(=O)c9cc(-c%10ccc(C)s%10)sc9c8s7)s6)s5)sc4c3s2)s1. The third kappa shape index (κ3) is 6.04. The van der Waals surface area contributed by atoms with Gasteiger partial charge in [0, 0.05) is 72.1 Å². The maximum absolute atomic E-state index is 13.6. The monoisotopic (exact) mass is 898 g/mol. The average molecular weight is 899 g/mol. The molecule has 0 bridgehead atoms. The fraction of sp³-hybridized carbons (Fsp3) is 0.122. The Labute approximate surface area is 352 Å². The molecule has 56 heavy (non-hydrogen) atoms. The summed E-state index contributed by atoms with van der Waals surface area (Å²) in [5.41, 5.74) is -1.07. The van der Waals surface area contributed by atoms with E-state index < -0.39 is 0 Å². The fourth-order valence-electron chi connectivity index (χ4n) is 6.73. The van der Waals surface area contributed by atoms with Gasteiger partial charge in [0.1, 0.15) is 0 Å². The van der Waals surface area contributed by atoms with Crippen molar-refractivity contribution in [1.29, 1.82) is 0 Å². The number of nitrogens with zero attached hydrogens (tertiary/aromatic N) is 2. The van der Waals surface area contributed by atoms with E-state index >= 15 is 0 Å². The zero-order valence-electron chi connectivity index (χ0n) is 29.9. The molecular formula is C41H27N2O4PS8. The molecule has 0 spiro atoms. The molecule has 10 aromatic rings. The summed E-state index contributed by atoms with van der Waals surface area (Å²) in [7, 11) is 3.59. The molecule has 0 fully saturated rings. The number of hydrogen-bond donors (Lipinski definition) is 0. The number of aromatic nitrogens is 2. The number of aryl methyl sites for hydroxylation is 2. The van der Waals surface area contributed by atoms with E-state index in [0.29, 0.717) is 30.1 Å². The molecule has 10 aromatic heterocycles. The predicted octanol–water partition coefficient (Wildman–Crippen LogP) is 11.1. The first-order valence-electron chi connectivity index (χ1n) is 17.4. The van der Waals surface area contributed by atoms with Crippen LogP contribution in [0.1, 0.15) is 16.7 Å². The van der Waals surface area contributed by atoms with Crippen LogP contribution in [-0.4, -0.2) is 9.13 Å². The minimum absolute atomic E-state index is 0.262. The van der Waals surface area contributed by atoms with Crippen molar-refractivity contribution in [1.82, 2.24) is 9.13 Å². The summed E-state index contributed by atoms with van der Waals surface area (Å²) in [6, 6.07) is 24.9. The van der Waals surface area contributed by atoms with Gasteiger partial charge in [-0.05, 0) is 94.7 Å². The second kappa shape index (κ2) is 14.0. The van der Waals surface area contributed by atoms with Crippen LogP contribution in [0.4, 0.5) is 0 Å². The Hall–Kier alpha value is -3.69. The van der Waals surface area contributed by atoms with Crippen LogP contribution in [0.15, 0.2) is 92.0 Å². The molecule has 0 N–H and O–H groups in total. The van der Waals surface area contributed by atoms with Gasteiger partial charge in [-0.25, -0.2) is 0 Å². The van der Waals surface area contributed by atoms with Crippen LogP contribution in [0, 0.1) is 6.92 Å². The highest BCUT2D eigenvalue weighted by Crippen LogP contribution is 2.45. The van der Waals surface area contributed by atoms with Crippen molar-refractivity contribution >= 4 is 149 Å². The smallest absolute Gasteiger partial charge is 0.262 e. The summed E-state index contributed by atoms with van der Waals surface area (Å²) < 4.78 is 8.40. The van der Waals surface area contributed by atoms with Gasteiger partial charge in [0.25, 0.3) is 22.2 Å². The lowest BCUT2D eigenvalue weighted by molar-refractivity contribution is 0.846. The number of fused-ring (bicyclic) bond motifs is 6. The van der Waals surface area contributed by atoms with Gasteiger partial charge in [0.05, 0.1) is 40.3 Å². The number of hydrogen-bond acceptors (Lipinski definition) is 12. The average Bonchev–Trinajstić information content (AvgIpc) is 4.04. The molecule has 10 heterocycles. The topological polar surface area (TPSA) is 78.1 Å². The Balaban J connectivity index is 0.982. The van der Waals surface area contributed by atoms with E-state index in [2.05, 4.69) is 62.4 Å². The lowest BCUT2D eigenvalue weighted by Crippen LogP contribution is -2.26. The van der Waals surface area contributed by atoms with Crippen LogP contribution in [-0.2, 0) is 20.5 Å². The van der Waals surface area contributed by atoms with Crippen molar-refractivity contribution in [3.63, 3.8) is 0 Å². The van der Waals surface area contributed by atoms with Crippen LogP contribution in [0.5, 0.6) is 0 Å². The molecule has 0 saturated heterocycles. The fourth-order valence-corrected chi connectivity index (χ4v) is 17.8. The van der Waals surface area contributed by atoms with Crippen molar-refractivity contribution in [2.75, 3.05) is 0 Å². The van der Waals surface area contributed by atoms with Crippen molar-refractivity contribution in [2.45, 2.75) is 20.3 Å². The van der Waals surface area contributed by atoms with Gasteiger partial charge in [-0.2, -0.15) is 0 Å². The second-order valence-electron chi connectivity index (χ2n) is 13.2. The van der Waals surface area contributed by atoms with Crippen LogP contribution < -0.4 is 31.5 Å². The lowest BCUT2D eigenvalue weighted by atomic mass is 10.3. The highest BCUT2D eigenvalue weighted by Gasteiger charge is 2.20. The Morgan fingerprint density at radius 3 is 1.16 bits per heavy atom. The third-order valence-electron chi connectivity index (χ3n) is 9.66. The van der Waals surface area contributed by atoms with Gasteiger partial charge in [0.2, 0.25) is 0 Å². The molecule has 10 rings (SSSR count).